The number of likely N-dealkylation sites (N-methyl/N-ethyl adjacent to an activating group) is 1. The highest BCUT2D eigenvalue weighted by Gasteiger charge is 2.30. The van der Waals surface area contributed by atoms with Gasteiger partial charge in [-0.05, 0) is 54.7 Å². The van der Waals surface area contributed by atoms with Gasteiger partial charge < -0.3 is 15.0 Å². The molecule has 2 atom stereocenters. The molecule has 3 rings (SSSR count). The summed E-state index contributed by atoms with van der Waals surface area (Å²) in [7, 11) is 3.42. The largest absolute Gasteiger partial charge is 0.497 e. The van der Waals surface area contributed by atoms with Crippen LogP contribution in [-0.2, 0) is 16.0 Å². The Morgan fingerprint density at radius 2 is 1.89 bits per heavy atom. The van der Waals surface area contributed by atoms with Gasteiger partial charge in [0.2, 0.25) is 11.8 Å². The molecule has 2 aromatic rings. The summed E-state index contributed by atoms with van der Waals surface area (Å²) in [4.78, 5) is 26.8. The third-order valence-corrected chi connectivity index (χ3v) is 5.19. The van der Waals surface area contributed by atoms with E-state index >= 15 is 0 Å². The Labute approximate surface area is 166 Å². The normalized spacial score (nSPS) is 16.5. The smallest absolute Gasteiger partial charge is 0.245 e. The summed E-state index contributed by atoms with van der Waals surface area (Å²) >= 11 is 0. The Bertz CT molecular complexity index is 874. The zero-order valence-corrected chi connectivity index (χ0v) is 16.5. The quantitative estimate of drug-likeness (QED) is 0.784. The molecular formula is C23H26N2O3. The predicted octanol–water partition coefficient (Wildman–Crippen LogP) is 3.36. The summed E-state index contributed by atoms with van der Waals surface area (Å²) in [6.07, 6.45) is 5.04. The molecule has 0 heterocycles. The van der Waals surface area contributed by atoms with Crippen molar-refractivity contribution in [2.75, 3.05) is 14.2 Å². The number of fused-ring (bicyclic) bond motifs is 1. The van der Waals surface area contributed by atoms with Gasteiger partial charge >= 0.3 is 0 Å². The number of nitrogens with zero attached hydrogens (tertiary/aromatic N) is 1. The maximum atomic E-state index is 12.8. The number of hydrogen-bond donors (Lipinski definition) is 1. The molecule has 1 aliphatic carbocycles. The lowest BCUT2D eigenvalue weighted by atomic mass is 10.1. The van der Waals surface area contributed by atoms with Gasteiger partial charge in [0.1, 0.15) is 11.8 Å². The number of methoxy groups -OCH3 is 1. The fraction of sp³-hybridized carbons (Fsp3) is 0.304. The molecule has 2 unspecified atom stereocenters. The molecule has 0 aromatic heterocycles. The first-order valence-corrected chi connectivity index (χ1v) is 9.46. The van der Waals surface area contributed by atoms with Crippen LogP contribution in [0.4, 0.5) is 0 Å². The minimum absolute atomic E-state index is 0.0675. The average molecular weight is 378 g/mol. The Balaban J connectivity index is 1.57. The SMILES string of the molecule is COc1ccc(/C=C/C(=O)NC(C)C(=O)N(C)C2CCc3ccccc32)cc1. The number of ether oxygens (including phenoxy) is 1. The van der Waals surface area contributed by atoms with E-state index in [-0.39, 0.29) is 17.9 Å². The van der Waals surface area contributed by atoms with Crippen LogP contribution in [0.25, 0.3) is 6.08 Å². The zero-order chi connectivity index (χ0) is 20.1. The molecule has 0 radical (unpaired) electrons. The van der Waals surface area contributed by atoms with E-state index in [1.807, 2.05) is 43.4 Å². The second kappa shape index (κ2) is 8.74. The van der Waals surface area contributed by atoms with Gasteiger partial charge in [-0.3, -0.25) is 9.59 Å². The number of benzene rings is 2. The minimum Gasteiger partial charge on any atom is -0.497 e. The number of rotatable bonds is 6. The molecule has 2 aromatic carbocycles. The van der Waals surface area contributed by atoms with E-state index in [2.05, 4.69) is 17.4 Å². The standard InChI is InChI=1S/C23H26N2O3/c1-16(24-22(26)15-10-17-8-12-19(28-3)13-9-17)23(27)25(2)21-14-11-18-6-4-5-7-20(18)21/h4-10,12-13,15-16,21H,11,14H2,1-3H3,(H,24,26)/b15-10+. The average Bonchev–Trinajstić information content (AvgIpc) is 3.15. The van der Waals surface area contributed by atoms with Crippen LogP contribution in [0.1, 0.15) is 36.1 Å². The van der Waals surface area contributed by atoms with Gasteiger partial charge in [-0.15, -0.1) is 0 Å². The summed E-state index contributed by atoms with van der Waals surface area (Å²) in [5.41, 5.74) is 3.39. The third-order valence-electron chi connectivity index (χ3n) is 5.19. The first kappa shape index (κ1) is 19.7. The van der Waals surface area contributed by atoms with Crippen LogP contribution in [0.3, 0.4) is 0 Å². The molecule has 5 heteroatoms. The minimum atomic E-state index is -0.592. The van der Waals surface area contributed by atoms with Gasteiger partial charge in [0, 0.05) is 13.1 Å². The zero-order valence-electron chi connectivity index (χ0n) is 16.5. The van der Waals surface area contributed by atoms with E-state index in [9.17, 15) is 9.59 Å². The van der Waals surface area contributed by atoms with Crippen molar-refractivity contribution < 1.29 is 14.3 Å². The third kappa shape index (κ3) is 4.42. The van der Waals surface area contributed by atoms with Crippen molar-refractivity contribution >= 4 is 17.9 Å². The number of carbonyl (C=O) groups is 2. The van der Waals surface area contributed by atoms with E-state index in [1.165, 1.54) is 17.2 Å². The number of nitrogens with one attached hydrogen (secondary N) is 1. The molecule has 0 aliphatic heterocycles. The fourth-order valence-electron chi connectivity index (χ4n) is 3.61. The summed E-state index contributed by atoms with van der Waals surface area (Å²) in [5.74, 6) is 0.377. The fourth-order valence-corrected chi connectivity index (χ4v) is 3.61. The molecule has 146 valence electrons. The predicted molar refractivity (Wildman–Crippen MR) is 110 cm³/mol. The lowest BCUT2D eigenvalue weighted by molar-refractivity contribution is -0.136. The molecule has 1 N–H and O–H groups in total. The second-order valence-corrected chi connectivity index (χ2v) is 7.04. The van der Waals surface area contributed by atoms with Crippen LogP contribution in [0, 0.1) is 0 Å². The molecular weight excluding hydrogens is 352 g/mol. The first-order valence-electron chi connectivity index (χ1n) is 9.46. The number of amides is 2. The van der Waals surface area contributed by atoms with Crippen molar-refractivity contribution in [1.29, 1.82) is 0 Å². The molecule has 5 nitrogen and oxygen atoms in total. The highest BCUT2D eigenvalue weighted by Crippen LogP contribution is 2.34. The summed E-state index contributed by atoms with van der Waals surface area (Å²) in [6, 6.07) is 15.1. The highest BCUT2D eigenvalue weighted by atomic mass is 16.5. The second-order valence-electron chi connectivity index (χ2n) is 7.04. The molecule has 0 saturated carbocycles. The van der Waals surface area contributed by atoms with Crippen LogP contribution >= 0.6 is 0 Å². The summed E-state index contributed by atoms with van der Waals surface area (Å²) in [5, 5.41) is 2.76. The molecule has 0 spiro atoms. The van der Waals surface area contributed by atoms with Gasteiger partial charge in [-0.1, -0.05) is 36.4 Å². The van der Waals surface area contributed by atoms with Crippen LogP contribution in [0.2, 0.25) is 0 Å². The van der Waals surface area contributed by atoms with Crippen molar-refractivity contribution in [3.05, 3.63) is 71.3 Å². The topological polar surface area (TPSA) is 58.6 Å². The maximum Gasteiger partial charge on any atom is 0.245 e. The van der Waals surface area contributed by atoms with Gasteiger partial charge in [-0.2, -0.15) is 0 Å². The summed E-state index contributed by atoms with van der Waals surface area (Å²) in [6.45, 7) is 1.72. The summed E-state index contributed by atoms with van der Waals surface area (Å²) < 4.78 is 5.11. The van der Waals surface area contributed by atoms with Crippen molar-refractivity contribution in [1.82, 2.24) is 10.2 Å². The highest BCUT2D eigenvalue weighted by molar-refractivity contribution is 5.95. The van der Waals surface area contributed by atoms with Crippen LogP contribution in [0.15, 0.2) is 54.6 Å². The first-order chi connectivity index (χ1) is 13.5. The van der Waals surface area contributed by atoms with Crippen LogP contribution in [-0.4, -0.2) is 36.9 Å². The van der Waals surface area contributed by atoms with Crippen LogP contribution in [0.5, 0.6) is 5.75 Å². The van der Waals surface area contributed by atoms with Gasteiger partial charge in [0.15, 0.2) is 0 Å². The molecule has 2 amide bonds. The van der Waals surface area contributed by atoms with Crippen LogP contribution < -0.4 is 10.1 Å². The van der Waals surface area contributed by atoms with E-state index in [1.54, 1.807) is 25.0 Å². The van der Waals surface area contributed by atoms with Crippen molar-refractivity contribution in [3.8, 4) is 5.75 Å². The Morgan fingerprint density at radius 3 is 2.61 bits per heavy atom. The van der Waals surface area contributed by atoms with Gasteiger partial charge in [0.05, 0.1) is 13.2 Å². The lowest BCUT2D eigenvalue weighted by Crippen LogP contribution is -2.45. The molecule has 0 fully saturated rings. The van der Waals surface area contributed by atoms with Crippen molar-refractivity contribution in [3.63, 3.8) is 0 Å². The Kier molecular flexibility index (Phi) is 6.14. The number of hydrogen-bond acceptors (Lipinski definition) is 3. The maximum absolute atomic E-state index is 12.8. The molecule has 1 aliphatic rings. The van der Waals surface area contributed by atoms with Crippen molar-refractivity contribution in [2.45, 2.75) is 31.8 Å². The number of aryl methyl sites for hydroxylation is 1. The van der Waals surface area contributed by atoms with Crippen molar-refractivity contribution in [2.24, 2.45) is 0 Å². The van der Waals surface area contributed by atoms with Gasteiger partial charge in [-0.25, -0.2) is 0 Å². The molecule has 0 saturated heterocycles. The lowest BCUT2D eigenvalue weighted by Gasteiger charge is -2.28. The monoisotopic (exact) mass is 378 g/mol. The van der Waals surface area contributed by atoms with Gasteiger partial charge in [0.25, 0.3) is 0 Å². The Morgan fingerprint density at radius 1 is 1.18 bits per heavy atom. The molecule has 28 heavy (non-hydrogen) atoms. The Hall–Kier alpha value is -3.08. The molecule has 0 bridgehead atoms. The van der Waals surface area contributed by atoms with E-state index in [4.69, 9.17) is 4.74 Å². The van der Waals surface area contributed by atoms with E-state index in [0.717, 1.165) is 24.2 Å². The van der Waals surface area contributed by atoms with E-state index < -0.39 is 6.04 Å². The number of carbonyl (C=O) groups excluding carboxylic acids is 2. The van der Waals surface area contributed by atoms with E-state index in [0.29, 0.717) is 0 Å².